The van der Waals surface area contributed by atoms with E-state index in [0.717, 1.165) is 24.2 Å². The zero-order chi connectivity index (χ0) is 13.9. The first kappa shape index (κ1) is 13.0. The second-order valence-corrected chi connectivity index (χ2v) is 5.41. The van der Waals surface area contributed by atoms with E-state index in [-0.39, 0.29) is 5.91 Å². The highest BCUT2D eigenvalue weighted by atomic mass is 16.1. The van der Waals surface area contributed by atoms with Crippen molar-refractivity contribution in [1.29, 1.82) is 0 Å². The van der Waals surface area contributed by atoms with Crippen molar-refractivity contribution in [2.75, 3.05) is 6.54 Å². The molecule has 1 fully saturated rings. The molecule has 1 aliphatic rings. The summed E-state index contributed by atoms with van der Waals surface area (Å²) in [7, 11) is 0. The number of aromatic amines is 1. The number of aryl methyl sites for hydroxylation is 2. The molecule has 2 heterocycles. The number of carbonyl (C=O) groups excluding carboxylic acids is 1. The number of rotatable bonds is 6. The van der Waals surface area contributed by atoms with Crippen LogP contribution in [0.25, 0.3) is 0 Å². The second kappa shape index (κ2) is 5.53. The van der Waals surface area contributed by atoms with E-state index < -0.39 is 0 Å². The Kier molecular flexibility index (Phi) is 3.58. The van der Waals surface area contributed by atoms with E-state index in [0.29, 0.717) is 12.6 Å². The maximum absolute atomic E-state index is 12.1. The number of aromatic nitrogens is 3. The smallest absolute Gasteiger partial charge is 0.267 e. The summed E-state index contributed by atoms with van der Waals surface area (Å²) in [6.07, 6.45) is 8.10. The average molecular weight is 272 g/mol. The van der Waals surface area contributed by atoms with Gasteiger partial charge in [0.15, 0.2) is 0 Å². The van der Waals surface area contributed by atoms with Crippen LogP contribution in [0, 0.1) is 6.92 Å². The number of amides is 1. The summed E-state index contributed by atoms with van der Waals surface area (Å²) in [6, 6.07) is 4.38. The van der Waals surface area contributed by atoms with Crippen molar-refractivity contribution in [3.05, 3.63) is 41.5 Å². The van der Waals surface area contributed by atoms with Crippen molar-refractivity contribution in [2.24, 2.45) is 0 Å². The first-order valence-electron chi connectivity index (χ1n) is 7.19. The molecule has 1 amide bonds. The van der Waals surface area contributed by atoms with Gasteiger partial charge in [0.2, 0.25) is 0 Å². The summed E-state index contributed by atoms with van der Waals surface area (Å²) >= 11 is 0. The topological polar surface area (TPSA) is 62.7 Å². The molecule has 2 aromatic heterocycles. The normalized spacial score (nSPS) is 14.4. The third-order valence-electron chi connectivity index (χ3n) is 3.79. The predicted octanol–water partition coefficient (Wildman–Crippen LogP) is 2.22. The fraction of sp³-hybridized carbons (Fsp3) is 0.467. The molecule has 0 bridgehead atoms. The lowest BCUT2D eigenvalue weighted by Gasteiger charge is -2.08. The Balaban J connectivity index is 1.47. The molecule has 0 radical (unpaired) electrons. The molecule has 5 heteroatoms. The van der Waals surface area contributed by atoms with Crippen LogP contribution >= 0.6 is 0 Å². The van der Waals surface area contributed by atoms with Crippen molar-refractivity contribution < 1.29 is 4.79 Å². The summed E-state index contributed by atoms with van der Waals surface area (Å²) in [5.41, 5.74) is 3.12. The fourth-order valence-electron chi connectivity index (χ4n) is 2.46. The SMILES string of the molecule is Cc1[nH]ncc1CCCNC(=O)c1cccn1C1CC1. The number of H-pyrrole nitrogens is 1. The van der Waals surface area contributed by atoms with E-state index in [1.165, 1.54) is 18.4 Å². The van der Waals surface area contributed by atoms with E-state index in [2.05, 4.69) is 20.1 Å². The molecule has 0 atom stereocenters. The molecule has 1 aliphatic carbocycles. The molecule has 5 nitrogen and oxygen atoms in total. The zero-order valence-corrected chi connectivity index (χ0v) is 11.7. The molecule has 1 saturated carbocycles. The molecule has 0 saturated heterocycles. The van der Waals surface area contributed by atoms with Crippen molar-refractivity contribution in [1.82, 2.24) is 20.1 Å². The number of nitrogens with one attached hydrogen (secondary N) is 2. The van der Waals surface area contributed by atoms with E-state index >= 15 is 0 Å². The third-order valence-corrected chi connectivity index (χ3v) is 3.79. The fourth-order valence-corrected chi connectivity index (χ4v) is 2.46. The van der Waals surface area contributed by atoms with Crippen LogP contribution in [0.3, 0.4) is 0 Å². The average Bonchev–Trinajstić information content (AvgIpc) is 3.02. The van der Waals surface area contributed by atoms with Crippen molar-refractivity contribution in [3.63, 3.8) is 0 Å². The van der Waals surface area contributed by atoms with Gasteiger partial charge in [-0.2, -0.15) is 5.10 Å². The van der Waals surface area contributed by atoms with Gasteiger partial charge in [-0.15, -0.1) is 0 Å². The summed E-state index contributed by atoms with van der Waals surface area (Å²) in [6.45, 7) is 2.71. The molecular formula is C15H20N4O. The minimum absolute atomic E-state index is 0.0332. The van der Waals surface area contributed by atoms with Crippen LogP contribution in [0.1, 0.15) is 47.1 Å². The Morgan fingerprint density at radius 3 is 3.10 bits per heavy atom. The minimum atomic E-state index is 0.0332. The Morgan fingerprint density at radius 1 is 1.55 bits per heavy atom. The van der Waals surface area contributed by atoms with Gasteiger partial charge in [-0.1, -0.05) is 0 Å². The zero-order valence-electron chi connectivity index (χ0n) is 11.7. The lowest BCUT2D eigenvalue weighted by molar-refractivity contribution is 0.0944. The number of nitrogens with zero attached hydrogens (tertiary/aromatic N) is 2. The van der Waals surface area contributed by atoms with Crippen LogP contribution in [-0.2, 0) is 6.42 Å². The molecule has 0 unspecified atom stereocenters. The summed E-state index contributed by atoms with van der Waals surface area (Å²) < 4.78 is 2.09. The Hall–Kier alpha value is -2.04. The van der Waals surface area contributed by atoms with Crippen LogP contribution in [0.4, 0.5) is 0 Å². The molecule has 3 rings (SSSR count). The molecule has 20 heavy (non-hydrogen) atoms. The van der Waals surface area contributed by atoms with Crippen molar-refractivity contribution >= 4 is 5.91 Å². The largest absolute Gasteiger partial charge is 0.351 e. The molecule has 0 spiro atoms. The number of hydrogen-bond acceptors (Lipinski definition) is 2. The molecule has 2 aromatic rings. The number of carbonyl (C=O) groups is 1. The van der Waals surface area contributed by atoms with Gasteiger partial charge in [0.05, 0.1) is 6.20 Å². The lowest BCUT2D eigenvalue weighted by atomic mass is 10.1. The standard InChI is InChI=1S/C15H20N4O/c1-11-12(10-17-18-11)4-2-8-16-15(20)14-5-3-9-19(14)13-6-7-13/h3,5,9-10,13H,2,4,6-8H2,1H3,(H,16,20)(H,17,18). The maximum Gasteiger partial charge on any atom is 0.267 e. The van der Waals surface area contributed by atoms with Crippen LogP contribution in [0.2, 0.25) is 0 Å². The van der Waals surface area contributed by atoms with Gasteiger partial charge in [-0.25, -0.2) is 0 Å². The van der Waals surface area contributed by atoms with Gasteiger partial charge >= 0.3 is 0 Å². The van der Waals surface area contributed by atoms with E-state index in [1.807, 2.05) is 31.5 Å². The van der Waals surface area contributed by atoms with Crippen LogP contribution < -0.4 is 5.32 Å². The van der Waals surface area contributed by atoms with E-state index in [9.17, 15) is 4.79 Å². The quantitative estimate of drug-likeness (QED) is 0.792. The first-order chi connectivity index (χ1) is 9.75. The minimum Gasteiger partial charge on any atom is -0.351 e. The Labute approximate surface area is 118 Å². The molecule has 106 valence electrons. The monoisotopic (exact) mass is 272 g/mol. The van der Waals surface area contributed by atoms with E-state index in [1.54, 1.807) is 0 Å². The lowest BCUT2D eigenvalue weighted by Crippen LogP contribution is -2.26. The van der Waals surface area contributed by atoms with Gasteiger partial charge in [0.25, 0.3) is 5.91 Å². The second-order valence-electron chi connectivity index (χ2n) is 5.41. The molecular weight excluding hydrogens is 252 g/mol. The van der Waals surface area contributed by atoms with Crippen LogP contribution in [-0.4, -0.2) is 27.2 Å². The van der Waals surface area contributed by atoms with Gasteiger partial charge in [-0.05, 0) is 50.3 Å². The third kappa shape index (κ3) is 2.76. The highest BCUT2D eigenvalue weighted by molar-refractivity contribution is 5.92. The van der Waals surface area contributed by atoms with Crippen LogP contribution in [0.5, 0.6) is 0 Å². The predicted molar refractivity (Wildman–Crippen MR) is 76.7 cm³/mol. The molecule has 0 aromatic carbocycles. The molecule has 2 N–H and O–H groups in total. The summed E-state index contributed by atoms with van der Waals surface area (Å²) in [5, 5.41) is 9.92. The van der Waals surface area contributed by atoms with Gasteiger partial charge in [0.1, 0.15) is 5.69 Å². The Bertz CT molecular complexity index is 595. The van der Waals surface area contributed by atoms with E-state index in [4.69, 9.17) is 0 Å². The molecule has 0 aliphatic heterocycles. The Morgan fingerprint density at radius 2 is 2.40 bits per heavy atom. The summed E-state index contributed by atoms with van der Waals surface area (Å²) in [4.78, 5) is 12.1. The number of hydrogen-bond donors (Lipinski definition) is 2. The highest BCUT2D eigenvalue weighted by Gasteiger charge is 2.26. The maximum atomic E-state index is 12.1. The highest BCUT2D eigenvalue weighted by Crippen LogP contribution is 2.35. The van der Waals surface area contributed by atoms with Crippen LogP contribution in [0.15, 0.2) is 24.5 Å². The summed E-state index contributed by atoms with van der Waals surface area (Å²) in [5.74, 6) is 0.0332. The van der Waals surface area contributed by atoms with Crippen molar-refractivity contribution in [2.45, 2.75) is 38.6 Å². The van der Waals surface area contributed by atoms with Crippen molar-refractivity contribution in [3.8, 4) is 0 Å². The van der Waals surface area contributed by atoms with Gasteiger partial charge in [-0.3, -0.25) is 9.89 Å². The van der Waals surface area contributed by atoms with Gasteiger partial charge < -0.3 is 9.88 Å². The van der Waals surface area contributed by atoms with Gasteiger partial charge in [0, 0.05) is 24.5 Å². The first-order valence-corrected chi connectivity index (χ1v) is 7.19.